The summed E-state index contributed by atoms with van der Waals surface area (Å²) in [5.41, 5.74) is 0.603. The Hall–Kier alpha value is -1.09. The number of esters is 1. The van der Waals surface area contributed by atoms with Gasteiger partial charge in [0, 0.05) is 3.57 Å². The molecule has 22 heavy (non-hydrogen) atoms. The highest BCUT2D eigenvalue weighted by molar-refractivity contribution is 14.1. The molecule has 1 aromatic rings. The van der Waals surface area contributed by atoms with Crippen molar-refractivity contribution in [2.75, 3.05) is 0 Å². The summed E-state index contributed by atoms with van der Waals surface area (Å²) in [7, 11) is -0.216. The number of hydrogen-bond acceptors (Lipinski definition) is 5. The van der Waals surface area contributed by atoms with Gasteiger partial charge in [0.05, 0.1) is 0 Å². The van der Waals surface area contributed by atoms with Gasteiger partial charge < -0.3 is 14.7 Å². The lowest BCUT2D eigenvalue weighted by molar-refractivity contribution is -0.146. The van der Waals surface area contributed by atoms with E-state index in [1.165, 1.54) is 0 Å². The van der Waals surface area contributed by atoms with Crippen LogP contribution < -0.4 is 5.34 Å². The molecule has 0 saturated heterocycles. The molecule has 1 aromatic carbocycles. The lowest BCUT2D eigenvalue weighted by Gasteiger charge is -2.29. The van der Waals surface area contributed by atoms with Gasteiger partial charge in [-0.2, -0.15) is 5.10 Å². The molecule has 0 radical (unpaired) electrons. The summed E-state index contributed by atoms with van der Waals surface area (Å²) in [6.07, 6.45) is 0.236. The first-order valence-corrected chi connectivity index (χ1v) is 8.36. The third-order valence-corrected chi connectivity index (χ3v) is 4.03. The lowest BCUT2D eigenvalue weighted by Crippen LogP contribution is -2.45. The molecule has 1 N–H and O–H groups in total. The molecule has 0 fully saturated rings. The molecular weight excluding hydrogens is 394 g/mol. The van der Waals surface area contributed by atoms with E-state index in [9.17, 15) is 4.79 Å². The van der Waals surface area contributed by atoms with Crippen molar-refractivity contribution in [3.8, 4) is 0 Å². The first kappa shape index (κ1) is 17.3. The Kier molecular flexibility index (Phi) is 5.49. The number of benzene rings is 1. The Balaban J connectivity index is 2.34. The highest BCUT2D eigenvalue weighted by Gasteiger charge is 2.36. The molecule has 0 saturated carbocycles. The minimum atomic E-state index is -0.574. The van der Waals surface area contributed by atoms with Crippen molar-refractivity contribution in [3.63, 3.8) is 0 Å². The molecule has 0 aromatic heterocycles. The first-order valence-electron chi connectivity index (χ1n) is 7.28. The number of hydrogen-bond donors (Lipinski definition) is 1. The standard InChI is InChI=1S/C15H20BIN2O3/c1-5-16-19-18-12(14(20)21-15(2,3)4)13(22-16)10-8-6-7-9-11(10)17/h6-9,13,19H,5H2,1-4H3. The lowest BCUT2D eigenvalue weighted by atomic mass is 9.79. The number of nitrogens with zero attached hydrogens (tertiary/aromatic N) is 1. The van der Waals surface area contributed by atoms with E-state index in [-0.39, 0.29) is 12.8 Å². The van der Waals surface area contributed by atoms with Crippen LogP contribution >= 0.6 is 22.6 Å². The molecule has 7 heteroatoms. The second-order valence-electron chi connectivity index (χ2n) is 6.06. The zero-order valence-electron chi connectivity index (χ0n) is 13.2. The molecule has 1 heterocycles. The third-order valence-electron chi connectivity index (χ3n) is 3.04. The van der Waals surface area contributed by atoms with Gasteiger partial charge in [-0.05, 0) is 61.3 Å². The first-order chi connectivity index (χ1) is 10.3. The highest BCUT2D eigenvalue weighted by atomic mass is 127. The van der Waals surface area contributed by atoms with Gasteiger partial charge in [-0.25, -0.2) is 4.79 Å². The van der Waals surface area contributed by atoms with Crippen LogP contribution in [0.3, 0.4) is 0 Å². The molecule has 1 unspecified atom stereocenters. The van der Waals surface area contributed by atoms with Gasteiger partial charge in [0.1, 0.15) is 11.7 Å². The Bertz CT molecular complexity index is 586. The molecular formula is C15H20BIN2O3. The van der Waals surface area contributed by atoms with Crippen LogP contribution in [-0.4, -0.2) is 24.3 Å². The molecule has 0 bridgehead atoms. The van der Waals surface area contributed by atoms with Crippen molar-refractivity contribution in [2.45, 2.75) is 45.7 Å². The molecule has 1 aliphatic rings. The van der Waals surface area contributed by atoms with Crippen LogP contribution in [-0.2, 0) is 14.2 Å². The summed E-state index contributed by atoms with van der Waals surface area (Å²) in [4.78, 5) is 12.4. The van der Waals surface area contributed by atoms with Crippen LogP contribution in [0.15, 0.2) is 29.4 Å². The number of halogens is 1. The predicted octanol–water partition coefficient (Wildman–Crippen LogP) is 3.16. The van der Waals surface area contributed by atoms with Crippen molar-refractivity contribution >= 4 is 41.3 Å². The maximum absolute atomic E-state index is 12.4. The maximum atomic E-state index is 12.4. The Morgan fingerprint density at radius 1 is 1.45 bits per heavy atom. The fraction of sp³-hybridized carbons (Fsp3) is 0.467. The number of carbonyl (C=O) groups excluding carboxylic acids is 1. The van der Waals surface area contributed by atoms with Crippen molar-refractivity contribution < 1.29 is 14.2 Å². The topological polar surface area (TPSA) is 59.9 Å². The van der Waals surface area contributed by atoms with Crippen LogP contribution in [0.5, 0.6) is 0 Å². The van der Waals surface area contributed by atoms with Crippen molar-refractivity contribution in [2.24, 2.45) is 5.10 Å². The van der Waals surface area contributed by atoms with Crippen LogP contribution in [0.2, 0.25) is 6.32 Å². The largest absolute Gasteiger partial charge is 0.455 e. The average molecular weight is 414 g/mol. The third kappa shape index (κ3) is 4.22. The summed E-state index contributed by atoms with van der Waals surface area (Å²) in [6, 6.07) is 7.81. The number of rotatable bonds is 3. The SMILES string of the molecule is CCB1NN=C(C(=O)OC(C)(C)C)C(c2ccccc2I)O1. The Morgan fingerprint density at radius 2 is 2.14 bits per heavy atom. The summed E-state index contributed by atoms with van der Waals surface area (Å²) >= 11 is 2.24. The monoisotopic (exact) mass is 414 g/mol. The maximum Gasteiger partial charge on any atom is 0.430 e. The molecule has 1 atom stereocenters. The van der Waals surface area contributed by atoms with Gasteiger partial charge in [-0.1, -0.05) is 25.1 Å². The van der Waals surface area contributed by atoms with Crippen LogP contribution in [0.25, 0.3) is 0 Å². The molecule has 0 amide bonds. The zero-order valence-corrected chi connectivity index (χ0v) is 15.4. The van der Waals surface area contributed by atoms with Crippen LogP contribution in [0, 0.1) is 3.57 Å². The highest BCUT2D eigenvalue weighted by Crippen LogP contribution is 2.28. The zero-order chi connectivity index (χ0) is 16.3. The minimum absolute atomic E-state index is 0.216. The minimum Gasteiger partial charge on any atom is -0.455 e. The van der Waals surface area contributed by atoms with Crippen LogP contribution in [0.4, 0.5) is 0 Å². The second kappa shape index (κ2) is 7.00. The summed E-state index contributed by atoms with van der Waals surface area (Å²) in [5.74, 6) is -0.459. The molecule has 118 valence electrons. The van der Waals surface area contributed by atoms with E-state index in [0.717, 1.165) is 15.5 Å². The number of carbonyl (C=O) groups is 1. The average Bonchev–Trinajstić information content (AvgIpc) is 2.45. The number of nitrogens with one attached hydrogen (secondary N) is 1. The molecule has 5 nitrogen and oxygen atoms in total. The smallest absolute Gasteiger partial charge is 0.430 e. The number of ether oxygens (including phenoxy) is 1. The van der Waals surface area contributed by atoms with E-state index in [4.69, 9.17) is 9.39 Å². The van der Waals surface area contributed by atoms with Gasteiger partial charge in [0.25, 0.3) is 0 Å². The quantitative estimate of drug-likeness (QED) is 0.469. The van der Waals surface area contributed by atoms with Crippen molar-refractivity contribution in [3.05, 3.63) is 33.4 Å². The molecule has 0 spiro atoms. The van der Waals surface area contributed by atoms with E-state index >= 15 is 0 Å². The van der Waals surface area contributed by atoms with Gasteiger partial charge in [0.2, 0.25) is 0 Å². The fourth-order valence-electron chi connectivity index (χ4n) is 2.04. The molecule has 0 aliphatic carbocycles. The van der Waals surface area contributed by atoms with Gasteiger partial charge in [-0.3, -0.25) is 0 Å². The predicted molar refractivity (Wildman–Crippen MR) is 95.6 cm³/mol. The Labute approximate surface area is 145 Å². The summed E-state index contributed by atoms with van der Waals surface area (Å²) in [5, 5.41) is 7.10. The number of hydrazone groups is 1. The van der Waals surface area contributed by atoms with Crippen molar-refractivity contribution in [1.82, 2.24) is 5.34 Å². The van der Waals surface area contributed by atoms with E-state index in [2.05, 4.69) is 33.0 Å². The van der Waals surface area contributed by atoms with Crippen molar-refractivity contribution in [1.29, 1.82) is 0 Å². The second-order valence-corrected chi connectivity index (χ2v) is 7.22. The van der Waals surface area contributed by atoms with Gasteiger partial charge >= 0.3 is 13.0 Å². The van der Waals surface area contributed by atoms with Crippen LogP contribution in [0.1, 0.15) is 39.4 Å². The fourth-order valence-corrected chi connectivity index (χ4v) is 2.71. The van der Waals surface area contributed by atoms with Gasteiger partial charge in [0.15, 0.2) is 5.71 Å². The van der Waals surface area contributed by atoms with E-state index < -0.39 is 17.7 Å². The molecule has 1 aliphatic heterocycles. The van der Waals surface area contributed by atoms with Gasteiger partial charge in [-0.15, -0.1) is 0 Å². The summed E-state index contributed by atoms with van der Waals surface area (Å²) in [6.45, 7) is 7.49. The van der Waals surface area contributed by atoms with E-state index in [1.807, 2.05) is 52.0 Å². The Morgan fingerprint density at radius 3 is 2.73 bits per heavy atom. The summed E-state index contributed by atoms with van der Waals surface area (Å²) < 4.78 is 12.5. The van der Waals surface area contributed by atoms with E-state index in [0.29, 0.717) is 0 Å². The molecule has 2 rings (SSSR count). The normalized spacial score (nSPS) is 18.5. The van der Waals surface area contributed by atoms with E-state index in [1.54, 1.807) is 0 Å².